The van der Waals surface area contributed by atoms with E-state index in [9.17, 15) is 17.6 Å². The summed E-state index contributed by atoms with van der Waals surface area (Å²) in [5.41, 5.74) is 1.54. The molecule has 0 aliphatic heterocycles. The molecule has 0 fully saturated rings. The third-order valence-corrected chi connectivity index (χ3v) is 4.28. The predicted octanol–water partition coefficient (Wildman–Crippen LogP) is 2.31. The lowest BCUT2D eigenvalue weighted by Crippen LogP contribution is -2.23. The molecule has 0 atom stereocenters. The van der Waals surface area contributed by atoms with Crippen molar-refractivity contribution in [2.45, 2.75) is 6.54 Å². The number of imidazole rings is 1. The third kappa shape index (κ3) is 4.91. The van der Waals surface area contributed by atoms with Gasteiger partial charge in [0.2, 0.25) is 10.0 Å². The van der Waals surface area contributed by atoms with Crippen molar-refractivity contribution in [2.24, 2.45) is 0 Å². The van der Waals surface area contributed by atoms with Gasteiger partial charge in [-0.1, -0.05) is 12.1 Å². The fourth-order valence-corrected chi connectivity index (χ4v) is 3.05. The minimum atomic E-state index is -3.43. The molecule has 0 aliphatic carbocycles. The van der Waals surface area contributed by atoms with Crippen LogP contribution in [0.1, 0.15) is 15.9 Å². The van der Waals surface area contributed by atoms with Crippen molar-refractivity contribution >= 4 is 21.6 Å². The minimum absolute atomic E-state index is 0.129. The van der Waals surface area contributed by atoms with Crippen LogP contribution in [0.25, 0.3) is 5.69 Å². The van der Waals surface area contributed by atoms with E-state index >= 15 is 0 Å². The molecule has 0 aliphatic rings. The maximum Gasteiger partial charge on any atom is 0.251 e. The van der Waals surface area contributed by atoms with E-state index in [2.05, 4.69) is 15.0 Å². The number of rotatable bonds is 6. The molecule has 0 unspecified atom stereocenters. The highest BCUT2D eigenvalue weighted by molar-refractivity contribution is 7.92. The number of sulfonamides is 1. The van der Waals surface area contributed by atoms with Crippen molar-refractivity contribution in [3.05, 3.63) is 78.1 Å². The maximum absolute atomic E-state index is 14.2. The van der Waals surface area contributed by atoms with Gasteiger partial charge in [-0.25, -0.2) is 17.8 Å². The zero-order valence-electron chi connectivity index (χ0n) is 14.4. The molecule has 3 rings (SSSR count). The summed E-state index contributed by atoms with van der Waals surface area (Å²) in [6, 6.07) is 10.8. The number of hydrogen-bond donors (Lipinski definition) is 2. The Labute approximate surface area is 155 Å². The Balaban J connectivity index is 1.67. The zero-order chi connectivity index (χ0) is 19.4. The van der Waals surface area contributed by atoms with E-state index in [4.69, 9.17) is 0 Å². The second kappa shape index (κ2) is 7.58. The normalized spacial score (nSPS) is 11.2. The molecule has 7 nitrogen and oxygen atoms in total. The molecule has 2 aromatic carbocycles. The van der Waals surface area contributed by atoms with Gasteiger partial charge in [0.05, 0.1) is 18.3 Å². The van der Waals surface area contributed by atoms with Gasteiger partial charge < -0.3 is 9.88 Å². The Morgan fingerprint density at radius 2 is 2.04 bits per heavy atom. The summed E-state index contributed by atoms with van der Waals surface area (Å²) >= 11 is 0. The summed E-state index contributed by atoms with van der Waals surface area (Å²) in [6.07, 6.45) is 5.72. The first-order chi connectivity index (χ1) is 12.8. The van der Waals surface area contributed by atoms with Crippen molar-refractivity contribution in [1.82, 2.24) is 14.9 Å². The number of aromatic nitrogens is 2. The molecule has 3 aromatic rings. The number of halogens is 1. The summed E-state index contributed by atoms with van der Waals surface area (Å²) < 4.78 is 40.7. The first kappa shape index (κ1) is 18.6. The van der Waals surface area contributed by atoms with Crippen molar-refractivity contribution in [3.8, 4) is 5.69 Å². The van der Waals surface area contributed by atoms with Crippen molar-refractivity contribution < 1.29 is 17.6 Å². The van der Waals surface area contributed by atoms with Crippen LogP contribution < -0.4 is 10.0 Å². The molecule has 1 aromatic heterocycles. The number of hydrogen-bond acceptors (Lipinski definition) is 4. The lowest BCUT2D eigenvalue weighted by atomic mass is 10.1. The van der Waals surface area contributed by atoms with Crippen LogP contribution in [0.3, 0.4) is 0 Å². The molecule has 2 N–H and O–H groups in total. The molecule has 0 spiro atoms. The standard InChI is InChI=1S/C18H17FN4O3S/c1-27(25,26)22-15-4-2-3-14(10-15)18(24)21-11-13-5-6-17(16(19)9-13)23-8-7-20-12-23/h2-10,12,22H,11H2,1H3,(H,21,24). The van der Waals surface area contributed by atoms with Gasteiger partial charge in [0.15, 0.2) is 0 Å². The van der Waals surface area contributed by atoms with E-state index in [1.165, 1.54) is 18.5 Å². The second-order valence-corrected chi connectivity index (χ2v) is 7.64. The topological polar surface area (TPSA) is 93.1 Å². The molecular weight excluding hydrogens is 371 g/mol. The molecular formula is C18H17FN4O3S. The summed E-state index contributed by atoms with van der Waals surface area (Å²) in [5, 5.41) is 2.68. The van der Waals surface area contributed by atoms with Crippen LogP contribution in [0.2, 0.25) is 0 Å². The van der Waals surface area contributed by atoms with Crippen LogP contribution in [-0.2, 0) is 16.6 Å². The van der Waals surface area contributed by atoms with Crippen LogP contribution in [-0.4, -0.2) is 30.1 Å². The zero-order valence-corrected chi connectivity index (χ0v) is 15.2. The number of amides is 1. The van der Waals surface area contributed by atoms with Gasteiger partial charge in [-0.05, 0) is 35.9 Å². The largest absolute Gasteiger partial charge is 0.348 e. The van der Waals surface area contributed by atoms with Crippen LogP contribution in [0.4, 0.5) is 10.1 Å². The Morgan fingerprint density at radius 3 is 2.70 bits per heavy atom. The number of nitrogens with one attached hydrogen (secondary N) is 2. The smallest absolute Gasteiger partial charge is 0.251 e. The number of benzene rings is 2. The second-order valence-electron chi connectivity index (χ2n) is 5.89. The Kier molecular flexibility index (Phi) is 5.22. The number of carbonyl (C=O) groups excluding carboxylic acids is 1. The summed E-state index contributed by atoms with van der Waals surface area (Å²) in [6.45, 7) is 0.129. The highest BCUT2D eigenvalue weighted by Crippen LogP contribution is 2.16. The molecule has 140 valence electrons. The van der Waals surface area contributed by atoms with E-state index in [1.54, 1.807) is 47.3 Å². The summed E-state index contributed by atoms with van der Waals surface area (Å²) in [4.78, 5) is 16.2. The Bertz CT molecular complexity index is 1070. The van der Waals surface area contributed by atoms with E-state index in [0.717, 1.165) is 6.26 Å². The van der Waals surface area contributed by atoms with Gasteiger partial charge in [-0.2, -0.15) is 0 Å². The highest BCUT2D eigenvalue weighted by Gasteiger charge is 2.10. The van der Waals surface area contributed by atoms with E-state index in [0.29, 0.717) is 22.5 Å². The molecule has 0 bridgehead atoms. The van der Waals surface area contributed by atoms with Gasteiger partial charge in [0.25, 0.3) is 5.91 Å². The van der Waals surface area contributed by atoms with E-state index < -0.39 is 21.7 Å². The third-order valence-electron chi connectivity index (χ3n) is 3.68. The van der Waals surface area contributed by atoms with Gasteiger partial charge >= 0.3 is 0 Å². The molecule has 27 heavy (non-hydrogen) atoms. The average Bonchev–Trinajstić information content (AvgIpc) is 3.13. The fourth-order valence-electron chi connectivity index (χ4n) is 2.49. The van der Waals surface area contributed by atoms with Crippen LogP contribution in [0.15, 0.2) is 61.2 Å². The van der Waals surface area contributed by atoms with Crippen molar-refractivity contribution in [1.29, 1.82) is 0 Å². The van der Waals surface area contributed by atoms with Gasteiger partial charge in [0, 0.05) is 30.2 Å². The van der Waals surface area contributed by atoms with Gasteiger partial charge in [-0.15, -0.1) is 0 Å². The quantitative estimate of drug-likeness (QED) is 0.678. The summed E-state index contributed by atoms with van der Waals surface area (Å²) in [5.74, 6) is -0.828. The predicted molar refractivity (Wildman–Crippen MR) is 99.6 cm³/mol. The van der Waals surface area contributed by atoms with Crippen molar-refractivity contribution in [2.75, 3.05) is 11.0 Å². The Hall–Kier alpha value is -3.20. The number of anilines is 1. The lowest BCUT2D eigenvalue weighted by Gasteiger charge is -2.09. The van der Waals surface area contributed by atoms with Gasteiger partial charge in [-0.3, -0.25) is 9.52 Å². The molecule has 0 radical (unpaired) electrons. The monoisotopic (exact) mass is 388 g/mol. The average molecular weight is 388 g/mol. The Morgan fingerprint density at radius 1 is 1.22 bits per heavy atom. The molecule has 0 saturated heterocycles. The highest BCUT2D eigenvalue weighted by atomic mass is 32.2. The first-order valence-electron chi connectivity index (χ1n) is 7.95. The molecule has 1 heterocycles. The van der Waals surface area contributed by atoms with E-state index in [-0.39, 0.29) is 6.54 Å². The van der Waals surface area contributed by atoms with Gasteiger partial charge in [0.1, 0.15) is 5.82 Å². The lowest BCUT2D eigenvalue weighted by molar-refractivity contribution is 0.0951. The first-order valence-corrected chi connectivity index (χ1v) is 9.84. The molecule has 9 heteroatoms. The van der Waals surface area contributed by atoms with Crippen molar-refractivity contribution in [3.63, 3.8) is 0 Å². The SMILES string of the molecule is CS(=O)(=O)Nc1cccc(C(=O)NCc2ccc(-n3ccnc3)c(F)c2)c1. The molecule has 0 saturated carbocycles. The van der Waals surface area contributed by atoms with E-state index in [1.807, 2.05) is 0 Å². The number of nitrogens with zero attached hydrogens (tertiary/aromatic N) is 2. The molecule has 1 amide bonds. The van der Waals surface area contributed by atoms with Crippen LogP contribution in [0, 0.1) is 5.82 Å². The summed E-state index contributed by atoms with van der Waals surface area (Å²) in [7, 11) is -3.43. The maximum atomic E-state index is 14.2. The minimum Gasteiger partial charge on any atom is -0.348 e. The fraction of sp³-hybridized carbons (Fsp3) is 0.111. The number of carbonyl (C=O) groups is 1. The van der Waals surface area contributed by atoms with Crippen LogP contribution in [0.5, 0.6) is 0 Å². The van der Waals surface area contributed by atoms with Crippen LogP contribution >= 0.6 is 0 Å².